The van der Waals surface area contributed by atoms with E-state index in [1.165, 1.54) is 0 Å². The van der Waals surface area contributed by atoms with Crippen molar-refractivity contribution in [1.29, 1.82) is 0 Å². The van der Waals surface area contributed by atoms with Crippen molar-refractivity contribution in [2.24, 2.45) is 10.6 Å². The third-order valence-electron chi connectivity index (χ3n) is 4.71. The average molecular weight is 305 g/mol. The number of rotatable bonds is 6. The highest BCUT2D eigenvalue weighted by molar-refractivity contribution is 7.89. The van der Waals surface area contributed by atoms with Crippen LogP contribution in [0.25, 0.3) is 0 Å². The molecule has 2 fully saturated rings. The van der Waals surface area contributed by atoms with Crippen LogP contribution in [0.5, 0.6) is 0 Å². The number of hydrogen-bond acceptors (Lipinski definition) is 4. The van der Waals surface area contributed by atoms with Crippen LogP contribution in [-0.4, -0.2) is 40.1 Å². The summed E-state index contributed by atoms with van der Waals surface area (Å²) in [6.07, 6.45) is 8.62. The summed E-state index contributed by atoms with van der Waals surface area (Å²) >= 11 is 0. The largest absolute Gasteiger partial charge is 0.381 e. The Morgan fingerprint density at radius 1 is 1.15 bits per heavy atom. The Labute approximate surface area is 122 Å². The van der Waals surface area contributed by atoms with E-state index >= 15 is 0 Å². The van der Waals surface area contributed by atoms with Gasteiger partial charge in [0.05, 0.1) is 24.6 Å². The zero-order valence-electron chi connectivity index (χ0n) is 12.3. The van der Waals surface area contributed by atoms with Crippen LogP contribution in [0, 0.1) is 5.41 Å². The van der Waals surface area contributed by atoms with E-state index in [2.05, 4.69) is 0 Å². The van der Waals surface area contributed by atoms with Gasteiger partial charge in [0.2, 0.25) is 10.0 Å². The summed E-state index contributed by atoms with van der Waals surface area (Å²) in [5, 5.41) is 5.25. The first-order valence-corrected chi connectivity index (χ1v) is 9.29. The van der Waals surface area contributed by atoms with Gasteiger partial charge < -0.3 is 9.47 Å². The van der Waals surface area contributed by atoms with Crippen LogP contribution in [0.1, 0.15) is 51.4 Å². The Balaban J connectivity index is 1.89. The van der Waals surface area contributed by atoms with Crippen molar-refractivity contribution in [1.82, 2.24) is 0 Å². The molecule has 0 aromatic heterocycles. The molecule has 20 heavy (non-hydrogen) atoms. The average Bonchev–Trinajstić information content (AvgIpc) is 2.83. The molecule has 0 aromatic rings. The number of methoxy groups -OCH3 is 1. The van der Waals surface area contributed by atoms with E-state index in [1.807, 2.05) is 0 Å². The van der Waals surface area contributed by atoms with Crippen LogP contribution >= 0.6 is 0 Å². The predicted molar refractivity (Wildman–Crippen MR) is 77.9 cm³/mol. The quantitative estimate of drug-likeness (QED) is 0.811. The summed E-state index contributed by atoms with van der Waals surface area (Å²) in [7, 11) is -1.70. The molecule has 0 saturated heterocycles. The molecule has 2 aliphatic carbocycles. The fourth-order valence-corrected chi connectivity index (χ4v) is 4.87. The Kier molecular flexibility index (Phi) is 5.45. The molecule has 0 aromatic carbocycles. The van der Waals surface area contributed by atoms with Gasteiger partial charge >= 0.3 is 0 Å². The zero-order chi connectivity index (χ0) is 14.6. The smallest absolute Gasteiger partial charge is 0.209 e. The highest BCUT2D eigenvalue weighted by atomic mass is 32.2. The molecule has 5 nitrogen and oxygen atoms in total. The molecule has 0 amide bonds. The van der Waals surface area contributed by atoms with Crippen molar-refractivity contribution in [3.05, 3.63) is 0 Å². The molecule has 0 heterocycles. The lowest BCUT2D eigenvalue weighted by Gasteiger charge is -2.33. The summed E-state index contributed by atoms with van der Waals surface area (Å²) < 4.78 is 34.3. The molecule has 0 bridgehead atoms. The number of nitrogens with two attached hydrogens (primary N) is 1. The van der Waals surface area contributed by atoms with Gasteiger partial charge in [-0.15, -0.1) is 0 Å². The minimum Gasteiger partial charge on any atom is -0.381 e. The summed E-state index contributed by atoms with van der Waals surface area (Å²) in [6.45, 7) is 0.518. The Morgan fingerprint density at radius 2 is 1.80 bits per heavy atom. The van der Waals surface area contributed by atoms with Gasteiger partial charge in [-0.3, -0.25) is 0 Å². The first kappa shape index (κ1) is 16.2. The highest BCUT2D eigenvalue weighted by Crippen LogP contribution is 2.40. The molecule has 2 saturated carbocycles. The molecule has 0 aliphatic heterocycles. The summed E-state index contributed by atoms with van der Waals surface area (Å²) in [5.41, 5.74) is -0.256. The number of ether oxygens (including phenoxy) is 2. The van der Waals surface area contributed by atoms with E-state index in [1.54, 1.807) is 7.11 Å². The fraction of sp³-hybridized carbons (Fsp3) is 1.00. The molecule has 0 spiro atoms. The Bertz CT molecular complexity index is 403. The number of hydrogen-bond donors (Lipinski definition) is 1. The fourth-order valence-electron chi connectivity index (χ4n) is 3.64. The molecule has 6 heteroatoms. The molecule has 2 unspecified atom stereocenters. The van der Waals surface area contributed by atoms with Gasteiger partial charge in [0.25, 0.3) is 0 Å². The third kappa shape index (κ3) is 4.69. The van der Waals surface area contributed by atoms with Crippen LogP contribution in [-0.2, 0) is 19.5 Å². The minimum absolute atomic E-state index is 0.0560. The van der Waals surface area contributed by atoms with Crippen LogP contribution in [0.15, 0.2) is 0 Å². The number of sulfonamides is 1. The first-order chi connectivity index (χ1) is 9.42. The van der Waals surface area contributed by atoms with Crippen molar-refractivity contribution in [3.8, 4) is 0 Å². The third-order valence-corrected chi connectivity index (χ3v) is 5.72. The molecule has 118 valence electrons. The zero-order valence-corrected chi connectivity index (χ0v) is 13.2. The van der Waals surface area contributed by atoms with Crippen molar-refractivity contribution in [2.75, 3.05) is 19.5 Å². The van der Waals surface area contributed by atoms with Gasteiger partial charge in [-0.2, -0.15) is 0 Å². The monoisotopic (exact) mass is 305 g/mol. The van der Waals surface area contributed by atoms with Gasteiger partial charge in [0.15, 0.2) is 0 Å². The second-order valence-corrected chi connectivity index (χ2v) is 8.09. The van der Waals surface area contributed by atoms with E-state index < -0.39 is 10.0 Å². The van der Waals surface area contributed by atoms with Crippen molar-refractivity contribution in [3.63, 3.8) is 0 Å². The molecule has 0 radical (unpaired) electrons. The van der Waals surface area contributed by atoms with Gasteiger partial charge in [-0.25, -0.2) is 13.6 Å². The van der Waals surface area contributed by atoms with Crippen LogP contribution in [0.2, 0.25) is 0 Å². The lowest BCUT2D eigenvalue weighted by Crippen LogP contribution is -2.38. The van der Waals surface area contributed by atoms with Crippen molar-refractivity contribution >= 4 is 10.0 Å². The van der Waals surface area contributed by atoms with Gasteiger partial charge in [0, 0.05) is 12.5 Å². The summed E-state index contributed by atoms with van der Waals surface area (Å²) in [6, 6.07) is 0. The highest BCUT2D eigenvalue weighted by Gasteiger charge is 2.38. The van der Waals surface area contributed by atoms with E-state index in [4.69, 9.17) is 14.6 Å². The van der Waals surface area contributed by atoms with E-state index in [9.17, 15) is 8.42 Å². The molecule has 2 rings (SSSR count). The predicted octanol–water partition coefficient (Wildman–Crippen LogP) is 1.81. The molecule has 2 N–H and O–H groups in total. The Hall–Kier alpha value is -0.170. The van der Waals surface area contributed by atoms with Gasteiger partial charge in [-0.1, -0.05) is 12.8 Å². The molecule has 2 aliphatic rings. The lowest BCUT2D eigenvalue weighted by molar-refractivity contribution is -0.0541. The Morgan fingerprint density at radius 3 is 2.40 bits per heavy atom. The van der Waals surface area contributed by atoms with E-state index in [0.717, 1.165) is 51.4 Å². The maximum atomic E-state index is 11.4. The maximum absolute atomic E-state index is 11.4. The first-order valence-electron chi connectivity index (χ1n) is 7.57. The van der Waals surface area contributed by atoms with Crippen molar-refractivity contribution < 1.29 is 17.9 Å². The van der Waals surface area contributed by atoms with Crippen LogP contribution in [0.3, 0.4) is 0 Å². The summed E-state index contributed by atoms with van der Waals surface area (Å²) in [5.74, 6) is 0.0560. The standard InChI is InChI=1S/C14H27NO4S/c1-18-12-5-4-6-13(9-12)19-10-14(7-2-3-8-14)11-20(15,16)17/h12-13H,2-11H2,1H3,(H2,15,16,17). The molecular weight excluding hydrogens is 278 g/mol. The molecule has 2 atom stereocenters. The maximum Gasteiger partial charge on any atom is 0.209 e. The van der Waals surface area contributed by atoms with Crippen LogP contribution < -0.4 is 5.14 Å². The van der Waals surface area contributed by atoms with E-state index in [0.29, 0.717) is 6.61 Å². The number of primary sulfonamides is 1. The van der Waals surface area contributed by atoms with E-state index in [-0.39, 0.29) is 23.4 Å². The normalized spacial score (nSPS) is 30.5. The summed E-state index contributed by atoms with van der Waals surface area (Å²) in [4.78, 5) is 0. The van der Waals surface area contributed by atoms with Crippen molar-refractivity contribution in [2.45, 2.75) is 63.6 Å². The topological polar surface area (TPSA) is 78.6 Å². The lowest BCUT2D eigenvalue weighted by atomic mass is 9.89. The molecular formula is C14H27NO4S. The SMILES string of the molecule is COC1CCCC(OCC2(CS(N)(=O)=O)CCCC2)C1. The van der Waals surface area contributed by atoms with Crippen LogP contribution in [0.4, 0.5) is 0 Å². The van der Waals surface area contributed by atoms with Gasteiger partial charge in [0.1, 0.15) is 0 Å². The van der Waals surface area contributed by atoms with Gasteiger partial charge in [-0.05, 0) is 38.5 Å². The minimum atomic E-state index is -3.44. The second-order valence-electron chi connectivity index (χ2n) is 6.47. The second kappa shape index (κ2) is 6.73.